The van der Waals surface area contributed by atoms with Gasteiger partial charge in [0.25, 0.3) is 0 Å². The van der Waals surface area contributed by atoms with Crippen molar-refractivity contribution in [3.8, 4) is 5.75 Å². The Kier molecular flexibility index (Phi) is 2.31. The number of rotatable bonds is 3. The van der Waals surface area contributed by atoms with E-state index in [-0.39, 0.29) is 0 Å². The predicted molar refractivity (Wildman–Crippen MR) is 75.7 cm³/mol. The van der Waals surface area contributed by atoms with Gasteiger partial charge >= 0.3 is 0 Å². The van der Waals surface area contributed by atoms with E-state index in [1.807, 2.05) is 36.9 Å². The van der Waals surface area contributed by atoms with Crippen LogP contribution < -0.4 is 4.74 Å². The van der Waals surface area contributed by atoms with E-state index in [0.29, 0.717) is 6.61 Å². The number of nitrogens with zero attached hydrogens (tertiary/aromatic N) is 2. The SMILES string of the molecule is c1cc2ccc(OCc3csc4cncn34)cc2[nH]1. The summed E-state index contributed by atoms with van der Waals surface area (Å²) in [4.78, 5) is 8.45. The van der Waals surface area contributed by atoms with Gasteiger partial charge in [0.2, 0.25) is 0 Å². The average Bonchev–Trinajstić information content (AvgIpc) is 3.12. The van der Waals surface area contributed by atoms with E-state index in [1.165, 1.54) is 5.39 Å². The normalized spacial score (nSPS) is 11.4. The van der Waals surface area contributed by atoms with Crippen LogP contribution in [0.25, 0.3) is 15.7 Å². The molecule has 0 saturated heterocycles. The standard InChI is InChI=1S/C14H11N3OS/c1-2-12(5-13-10(1)3-4-16-13)18-7-11-8-19-14-6-15-9-17(11)14/h1-6,8-9,16H,7H2. The van der Waals surface area contributed by atoms with Crippen molar-refractivity contribution in [2.24, 2.45) is 0 Å². The first kappa shape index (κ1) is 10.6. The average molecular weight is 269 g/mol. The third-order valence-corrected chi connectivity index (χ3v) is 4.08. The topological polar surface area (TPSA) is 42.3 Å². The number of nitrogens with one attached hydrogen (secondary N) is 1. The summed E-state index contributed by atoms with van der Waals surface area (Å²) in [5.74, 6) is 0.870. The number of aromatic nitrogens is 3. The maximum atomic E-state index is 5.84. The highest BCUT2D eigenvalue weighted by molar-refractivity contribution is 7.15. The maximum Gasteiger partial charge on any atom is 0.129 e. The van der Waals surface area contributed by atoms with Gasteiger partial charge in [-0.15, -0.1) is 11.3 Å². The third-order valence-electron chi connectivity index (χ3n) is 3.14. The van der Waals surface area contributed by atoms with Crippen LogP contribution in [0.5, 0.6) is 5.75 Å². The molecule has 3 aromatic heterocycles. The number of ether oxygens (including phenoxy) is 1. The fraction of sp³-hybridized carbons (Fsp3) is 0.0714. The molecule has 0 fully saturated rings. The lowest BCUT2D eigenvalue weighted by Crippen LogP contribution is -1.98. The van der Waals surface area contributed by atoms with Crippen LogP contribution in [-0.4, -0.2) is 14.4 Å². The van der Waals surface area contributed by atoms with Crippen molar-refractivity contribution in [1.29, 1.82) is 0 Å². The second kappa shape index (κ2) is 4.13. The largest absolute Gasteiger partial charge is 0.487 e. The van der Waals surface area contributed by atoms with Gasteiger partial charge in [0, 0.05) is 23.2 Å². The molecular formula is C14H11N3OS. The molecule has 0 amide bonds. The van der Waals surface area contributed by atoms with Crippen LogP contribution in [0.4, 0.5) is 0 Å². The van der Waals surface area contributed by atoms with Crippen LogP contribution in [0.1, 0.15) is 5.69 Å². The maximum absolute atomic E-state index is 5.84. The van der Waals surface area contributed by atoms with Crippen molar-refractivity contribution in [3.05, 3.63) is 54.1 Å². The lowest BCUT2D eigenvalue weighted by molar-refractivity contribution is 0.301. The van der Waals surface area contributed by atoms with E-state index in [2.05, 4.69) is 25.8 Å². The van der Waals surface area contributed by atoms with E-state index < -0.39 is 0 Å². The Morgan fingerprint density at radius 3 is 3.32 bits per heavy atom. The molecular weight excluding hydrogens is 258 g/mol. The second-order valence-corrected chi connectivity index (χ2v) is 5.23. The second-order valence-electron chi connectivity index (χ2n) is 4.34. The Labute approximate surface area is 113 Å². The van der Waals surface area contributed by atoms with Crippen molar-refractivity contribution in [3.63, 3.8) is 0 Å². The highest BCUT2D eigenvalue weighted by Crippen LogP contribution is 2.22. The van der Waals surface area contributed by atoms with E-state index >= 15 is 0 Å². The smallest absolute Gasteiger partial charge is 0.129 e. The zero-order valence-electron chi connectivity index (χ0n) is 10.0. The zero-order valence-corrected chi connectivity index (χ0v) is 10.9. The van der Waals surface area contributed by atoms with Crippen LogP contribution in [0.2, 0.25) is 0 Å². The van der Waals surface area contributed by atoms with E-state index in [9.17, 15) is 0 Å². The molecule has 5 heteroatoms. The van der Waals surface area contributed by atoms with Crippen LogP contribution in [-0.2, 0) is 6.61 Å². The van der Waals surface area contributed by atoms with E-state index in [4.69, 9.17) is 4.74 Å². The monoisotopic (exact) mass is 269 g/mol. The molecule has 94 valence electrons. The molecule has 0 saturated carbocycles. The Balaban J connectivity index is 1.59. The van der Waals surface area contributed by atoms with Gasteiger partial charge in [-0.2, -0.15) is 0 Å². The number of fused-ring (bicyclic) bond motifs is 2. The molecule has 0 atom stereocenters. The Morgan fingerprint density at radius 1 is 1.32 bits per heavy atom. The Bertz CT molecular complexity index is 842. The van der Waals surface area contributed by atoms with Crippen molar-refractivity contribution in [2.45, 2.75) is 6.61 Å². The minimum Gasteiger partial charge on any atom is -0.487 e. The molecule has 0 spiro atoms. The molecule has 4 nitrogen and oxygen atoms in total. The first-order valence-electron chi connectivity index (χ1n) is 5.98. The molecule has 0 aliphatic heterocycles. The van der Waals surface area contributed by atoms with Gasteiger partial charge in [0.1, 0.15) is 23.5 Å². The highest BCUT2D eigenvalue weighted by Gasteiger charge is 2.05. The number of H-pyrrole nitrogens is 1. The van der Waals surface area contributed by atoms with E-state index in [1.54, 1.807) is 11.3 Å². The number of imidazole rings is 1. The number of hydrogen-bond acceptors (Lipinski definition) is 3. The van der Waals surface area contributed by atoms with Crippen LogP contribution in [0.3, 0.4) is 0 Å². The summed E-state index contributed by atoms with van der Waals surface area (Å²) in [6.07, 6.45) is 5.61. The minimum absolute atomic E-state index is 0.544. The summed E-state index contributed by atoms with van der Waals surface area (Å²) in [5, 5.41) is 3.30. The lowest BCUT2D eigenvalue weighted by atomic mass is 10.2. The van der Waals surface area contributed by atoms with Gasteiger partial charge < -0.3 is 9.72 Å². The molecule has 0 radical (unpaired) electrons. The minimum atomic E-state index is 0.544. The lowest BCUT2D eigenvalue weighted by Gasteiger charge is -2.05. The van der Waals surface area contributed by atoms with Crippen molar-refractivity contribution < 1.29 is 4.74 Å². The summed E-state index contributed by atoms with van der Waals surface area (Å²) < 4.78 is 7.90. The summed E-state index contributed by atoms with van der Waals surface area (Å²) >= 11 is 1.67. The molecule has 4 rings (SSSR count). The van der Waals surface area contributed by atoms with Crippen molar-refractivity contribution in [1.82, 2.24) is 14.4 Å². The number of hydrogen-bond donors (Lipinski definition) is 1. The molecule has 1 aromatic carbocycles. The van der Waals surface area contributed by atoms with Gasteiger partial charge in [-0.05, 0) is 23.6 Å². The van der Waals surface area contributed by atoms with Crippen molar-refractivity contribution in [2.75, 3.05) is 0 Å². The predicted octanol–water partition coefficient (Wildman–Crippen LogP) is 3.46. The van der Waals surface area contributed by atoms with Gasteiger partial charge in [-0.1, -0.05) is 0 Å². The van der Waals surface area contributed by atoms with Crippen LogP contribution >= 0.6 is 11.3 Å². The summed E-state index contributed by atoms with van der Waals surface area (Å²) in [5.41, 5.74) is 2.21. The van der Waals surface area contributed by atoms with Gasteiger partial charge in [0.15, 0.2) is 0 Å². The molecule has 4 aromatic rings. The fourth-order valence-corrected chi connectivity index (χ4v) is 2.99. The number of aromatic amines is 1. The molecule has 19 heavy (non-hydrogen) atoms. The molecule has 3 heterocycles. The highest BCUT2D eigenvalue weighted by atomic mass is 32.1. The van der Waals surface area contributed by atoms with Crippen LogP contribution in [0.15, 0.2) is 48.4 Å². The quantitative estimate of drug-likeness (QED) is 0.619. The van der Waals surface area contributed by atoms with E-state index in [0.717, 1.165) is 21.8 Å². The molecule has 0 aliphatic carbocycles. The summed E-state index contributed by atoms with van der Waals surface area (Å²) in [6.45, 7) is 0.544. The molecule has 0 unspecified atom stereocenters. The summed E-state index contributed by atoms with van der Waals surface area (Å²) in [6, 6.07) is 8.12. The Hall–Kier alpha value is -2.27. The first-order valence-corrected chi connectivity index (χ1v) is 6.86. The molecule has 0 bridgehead atoms. The fourth-order valence-electron chi connectivity index (χ4n) is 2.15. The van der Waals surface area contributed by atoms with Gasteiger partial charge in [-0.25, -0.2) is 4.98 Å². The first-order chi connectivity index (χ1) is 9.40. The third kappa shape index (κ3) is 1.79. The molecule has 0 aliphatic rings. The van der Waals surface area contributed by atoms with Crippen molar-refractivity contribution >= 4 is 27.1 Å². The number of thiazole rings is 1. The van der Waals surface area contributed by atoms with Crippen LogP contribution in [0, 0.1) is 0 Å². The Morgan fingerprint density at radius 2 is 2.32 bits per heavy atom. The number of benzene rings is 1. The summed E-state index contributed by atoms with van der Waals surface area (Å²) in [7, 11) is 0. The van der Waals surface area contributed by atoms with Gasteiger partial charge in [-0.3, -0.25) is 4.40 Å². The zero-order chi connectivity index (χ0) is 12.7. The molecule has 1 N–H and O–H groups in total. The van der Waals surface area contributed by atoms with Gasteiger partial charge in [0.05, 0.1) is 11.9 Å².